The van der Waals surface area contributed by atoms with Crippen molar-refractivity contribution >= 4 is 45.8 Å². The minimum absolute atomic E-state index is 0.114. The Balaban J connectivity index is 1.78. The summed E-state index contributed by atoms with van der Waals surface area (Å²) in [6.45, 7) is 3.49. The Morgan fingerprint density at radius 2 is 1.76 bits per heavy atom. The van der Waals surface area contributed by atoms with Gasteiger partial charge in [-0.15, -0.1) is 0 Å². The van der Waals surface area contributed by atoms with Crippen molar-refractivity contribution < 1.29 is 18.7 Å². The average molecular weight is 498 g/mol. The van der Waals surface area contributed by atoms with Gasteiger partial charge in [0.15, 0.2) is 17.4 Å². The van der Waals surface area contributed by atoms with E-state index in [4.69, 9.17) is 37.1 Å². The van der Waals surface area contributed by atoms with E-state index in [2.05, 4.69) is 5.32 Å². The molecule has 0 saturated heterocycles. The van der Waals surface area contributed by atoms with Crippen LogP contribution in [0.15, 0.2) is 69.9 Å². The summed E-state index contributed by atoms with van der Waals surface area (Å²) >= 11 is 12.4. The molecule has 174 valence electrons. The summed E-state index contributed by atoms with van der Waals surface area (Å²) < 4.78 is 17.2. The molecule has 1 unspecified atom stereocenters. The van der Waals surface area contributed by atoms with Crippen LogP contribution in [0.25, 0.3) is 22.3 Å². The molecule has 4 aromatic rings. The summed E-state index contributed by atoms with van der Waals surface area (Å²) in [7, 11) is 1.51. The number of methoxy groups -OCH3 is 1. The number of rotatable bonds is 6. The second-order valence-corrected chi connectivity index (χ2v) is 8.51. The van der Waals surface area contributed by atoms with E-state index in [1.54, 1.807) is 36.4 Å². The number of benzene rings is 3. The Morgan fingerprint density at radius 1 is 1.06 bits per heavy atom. The van der Waals surface area contributed by atoms with E-state index < -0.39 is 17.4 Å². The van der Waals surface area contributed by atoms with Gasteiger partial charge in [-0.05, 0) is 38.1 Å². The van der Waals surface area contributed by atoms with Crippen molar-refractivity contribution in [2.24, 2.45) is 0 Å². The molecule has 34 heavy (non-hydrogen) atoms. The fourth-order valence-electron chi connectivity index (χ4n) is 3.42. The molecular weight excluding hydrogens is 477 g/mol. The first-order chi connectivity index (χ1) is 16.3. The Labute approximate surface area is 206 Å². The quantitative estimate of drug-likeness (QED) is 0.329. The second kappa shape index (κ2) is 9.79. The van der Waals surface area contributed by atoms with Crippen LogP contribution in [-0.2, 0) is 4.79 Å². The van der Waals surface area contributed by atoms with Crippen LogP contribution >= 0.6 is 23.2 Å². The lowest BCUT2D eigenvalue weighted by atomic mass is 10.1. The van der Waals surface area contributed by atoms with E-state index in [-0.39, 0.29) is 32.5 Å². The molecule has 1 heterocycles. The normalized spacial score (nSPS) is 11.8. The van der Waals surface area contributed by atoms with E-state index in [0.717, 1.165) is 5.56 Å². The van der Waals surface area contributed by atoms with Crippen molar-refractivity contribution in [3.05, 3.63) is 86.5 Å². The summed E-state index contributed by atoms with van der Waals surface area (Å²) in [5.41, 5.74) is 1.81. The van der Waals surface area contributed by atoms with Crippen molar-refractivity contribution in [1.82, 2.24) is 0 Å². The first-order valence-corrected chi connectivity index (χ1v) is 11.2. The van der Waals surface area contributed by atoms with Crippen LogP contribution < -0.4 is 20.2 Å². The summed E-state index contributed by atoms with van der Waals surface area (Å²) in [5, 5.41) is 3.39. The Morgan fingerprint density at radius 3 is 2.47 bits per heavy atom. The number of nitrogens with one attached hydrogen (secondary N) is 1. The zero-order chi connectivity index (χ0) is 24.4. The first kappa shape index (κ1) is 23.7. The number of carbonyl (C=O) groups excluding carboxylic acids is 1. The predicted octanol–water partition coefficient (Wildman–Crippen LogP) is 6.49. The highest BCUT2D eigenvalue weighted by molar-refractivity contribution is 6.38. The van der Waals surface area contributed by atoms with Crippen molar-refractivity contribution in [2.75, 3.05) is 12.4 Å². The molecule has 4 rings (SSSR count). The highest BCUT2D eigenvalue weighted by Crippen LogP contribution is 2.35. The molecule has 0 aliphatic rings. The molecule has 1 aromatic heterocycles. The van der Waals surface area contributed by atoms with Gasteiger partial charge >= 0.3 is 0 Å². The summed E-state index contributed by atoms with van der Waals surface area (Å²) in [5.74, 6) is 0.0805. The molecule has 3 aromatic carbocycles. The maximum Gasteiger partial charge on any atom is 0.265 e. The number of anilines is 1. The number of fused-ring (bicyclic) bond motifs is 1. The molecule has 1 atom stereocenters. The molecule has 0 aliphatic heterocycles. The maximum absolute atomic E-state index is 13.5. The molecule has 1 amide bonds. The topological polar surface area (TPSA) is 77.8 Å². The molecular formula is C26H21Cl2NO5. The van der Waals surface area contributed by atoms with Crippen LogP contribution in [0.4, 0.5) is 5.69 Å². The van der Waals surface area contributed by atoms with E-state index in [1.807, 2.05) is 19.1 Å². The first-order valence-electron chi connectivity index (χ1n) is 10.4. The molecule has 0 fully saturated rings. The van der Waals surface area contributed by atoms with Gasteiger partial charge in [0.25, 0.3) is 5.91 Å². The Hall–Kier alpha value is -3.48. The monoisotopic (exact) mass is 497 g/mol. The van der Waals surface area contributed by atoms with Crippen molar-refractivity contribution in [3.8, 4) is 22.8 Å². The zero-order valence-corrected chi connectivity index (χ0v) is 20.2. The van der Waals surface area contributed by atoms with E-state index in [9.17, 15) is 9.59 Å². The lowest BCUT2D eigenvalue weighted by Gasteiger charge is -2.18. The van der Waals surface area contributed by atoms with Gasteiger partial charge in [-0.1, -0.05) is 65.2 Å². The maximum atomic E-state index is 13.5. The van der Waals surface area contributed by atoms with Gasteiger partial charge < -0.3 is 19.2 Å². The van der Waals surface area contributed by atoms with Crippen LogP contribution in [-0.4, -0.2) is 19.1 Å². The number of amides is 1. The van der Waals surface area contributed by atoms with Crippen LogP contribution in [0.3, 0.4) is 0 Å². The molecule has 0 bridgehead atoms. The lowest BCUT2D eigenvalue weighted by molar-refractivity contribution is -0.122. The smallest absolute Gasteiger partial charge is 0.265 e. The third-order valence-electron chi connectivity index (χ3n) is 5.21. The van der Waals surface area contributed by atoms with Crippen LogP contribution in [0.1, 0.15) is 12.5 Å². The molecule has 0 radical (unpaired) electrons. The SMILES string of the molecule is COc1ccccc1NC(=O)C(C)Oc1c(-c2ccc(C)cc2)oc2c(Cl)cc(Cl)cc2c1=O. The van der Waals surface area contributed by atoms with Crippen LogP contribution in [0.2, 0.25) is 10.0 Å². The Bertz CT molecular complexity index is 1430. The molecule has 8 heteroatoms. The fraction of sp³-hybridized carbons (Fsp3) is 0.154. The van der Waals surface area contributed by atoms with Gasteiger partial charge in [-0.3, -0.25) is 9.59 Å². The molecule has 1 N–H and O–H groups in total. The number of halogens is 2. The van der Waals surface area contributed by atoms with Crippen LogP contribution in [0, 0.1) is 6.92 Å². The number of ether oxygens (including phenoxy) is 2. The number of hydrogen-bond donors (Lipinski definition) is 1. The van der Waals surface area contributed by atoms with E-state index in [1.165, 1.54) is 26.2 Å². The fourth-order valence-corrected chi connectivity index (χ4v) is 3.95. The van der Waals surface area contributed by atoms with Crippen molar-refractivity contribution in [2.45, 2.75) is 20.0 Å². The van der Waals surface area contributed by atoms with Crippen LogP contribution in [0.5, 0.6) is 11.5 Å². The molecule has 0 aliphatic carbocycles. The van der Waals surface area contributed by atoms with E-state index >= 15 is 0 Å². The lowest BCUT2D eigenvalue weighted by Crippen LogP contribution is -2.32. The standard InChI is InChI=1S/C26H21Cl2NO5/c1-14-8-10-16(11-9-14)23-25(22(30)18-12-17(27)13-19(28)24(18)34-23)33-15(2)26(31)29-20-6-4-5-7-21(20)32-3/h4-13,15H,1-3H3,(H,29,31). The number of aryl methyl sites for hydroxylation is 1. The van der Waals surface area contributed by atoms with Gasteiger partial charge in [0, 0.05) is 10.6 Å². The van der Waals surface area contributed by atoms with Gasteiger partial charge in [0.2, 0.25) is 11.2 Å². The Kier molecular flexibility index (Phi) is 6.82. The largest absolute Gasteiger partial charge is 0.495 e. The van der Waals surface area contributed by atoms with Gasteiger partial charge in [0.05, 0.1) is 23.2 Å². The number of para-hydroxylation sites is 2. The second-order valence-electron chi connectivity index (χ2n) is 7.67. The summed E-state index contributed by atoms with van der Waals surface area (Å²) in [4.78, 5) is 26.4. The van der Waals surface area contributed by atoms with Gasteiger partial charge in [0.1, 0.15) is 5.75 Å². The minimum Gasteiger partial charge on any atom is -0.495 e. The average Bonchev–Trinajstić information content (AvgIpc) is 2.82. The third kappa shape index (κ3) is 4.74. The molecule has 0 spiro atoms. The minimum atomic E-state index is -1.04. The molecule has 0 saturated carbocycles. The zero-order valence-electron chi connectivity index (χ0n) is 18.6. The molecule has 6 nitrogen and oxygen atoms in total. The van der Waals surface area contributed by atoms with Crippen molar-refractivity contribution in [3.63, 3.8) is 0 Å². The van der Waals surface area contributed by atoms with E-state index in [0.29, 0.717) is 17.0 Å². The third-order valence-corrected chi connectivity index (χ3v) is 5.71. The summed E-state index contributed by atoms with van der Waals surface area (Å²) in [6, 6.07) is 17.3. The number of carbonyl (C=O) groups is 1. The number of hydrogen-bond acceptors (Lipinski definition) is 5. The predicted molar refractivity (Wildman–Crippen MR) is 134 cm³/mol. The van der Waals surface area contributed by atoms with Gasteiger partial charge in [-0.2, -0.15) is 0 Å². The highest BCUT2D eigenvalue weighted by Gasteiger charge is 2.24. The van der Waals surface area contributed by atoms with Gasteiger partial charge in [-0.25, -0.2) is 0 Å². The summed E-state index contributed by atoms with van der Waals surface area (Å²) in [6.07, 6.45) is -1.04. The highest BCUT2D eigenvalue weighted by atomic mass is 35.5. The van der Waals surface area contributed by atoms with Crippen molar-refractivity contribution in [1.29, 1.82) is 0 Å².